The van der Waals surface area contributed by atoms with Crippen LogP contribution in [0.25, 0.3) is 50.4 Å². The monoisotopic (exact) mass is 618 g/mol. The number of aromatic nitrogens is 4. The Balaban J connectivity index is 0.00000121. The van der Waals surface area contributed by atoms with Crippen LogP contribution in [0.4, 0.5) is 0 Å². The van der Waals surface area contributed by atoms with E-state index in [0.717, 1.165) is 95.8 Å². The molecule has 5 rings (SSSR count). The number of aryl methyl sites for hydroxylation is 3. The van der Waals surface area contributed by atoms with Crippen LogP contribution in [0.1, 0.15) is 78.6 Å². The molecule has 0 unspecified atom stereocenters. The SMILES string of the molecule is C=CC1=C(C)c2cc3[n-]c(cc4nc(cc5[n-]c(cc1n2)c(C)c5C=C)C(C)=C4CCC(=O)O)c(CC)c3C.O=CO.[Fe+2]. The number of carbonyl (C=O) groups is 2. The van der Waals surface area contributed by atoms with E-state index in [1.807, 2.05) is 50.3 Å². The third-order valence-corrected chi connectivity index (χ3v) is 7.83. The van der Waals surface area contributed by atoms with Crippen molar-refractivity contribution in [3.8, 4) is 0 Å². The van der Waals surface area contributed by atoms with Crippen molar-refractivity contribution in [1.82, 2.24) is 19.9 Å². The van der Waals surface area contributed by atoms with Crippen LogP contribution in [0.15, 0.2) is 43.5 Å². The number of fused-ring (bicyclic) bond motifs is 8. The summed E-state index contributed by atoms with van der Waals surface area (Å²) in [4.78, 5) is 39.8. The molecule has 2 N–H and O–H groups in total. The van der Waals surface area contributed by atoms with Crippen LogP contribution in [0.3, 0.4) is 0 Å². The van der Waals surface area contributed by atoms with E-state index in [4.69, 9.17) is 29.8 Å². The molecule has 0 amide bonds. The second kappa shape index (κ2) is 13.7. The Hall–Kier alpha value is -4.46. The Morgan fingerprint density at radius 2 is 1.37 bits per heavy atom. The van der Waals surface area contributed by atoms with Gasteiger partial charge in [0, 0.05) is 12.0 Å². The van der Waals surface area contributed by atoms with E-state index in [0.29, 0.717) is 6.42 Å². The Morgan fingerprint density at radius 1 is 0.837 bits per heavy atom. The quantitative estimate of drug-likeness (QED) is 0.223. The first-order valence-electron chi connectivity index (χ1n) is 13.7. The van der Waals surface area contributed by atoms with Gasteiger partial charge in [0.05, 0.1) is 22.8 Å². The topological polar surface area (TPSA) is 129 Å². The number of aliphatic carboxylic acids is 1. The molecule has 0 fully saturated rings. The van der Waals surface area contributed by atoms with Gasteiger partial charge in [-0.25, -0.2) is 9.97 Å². The average molecular weight is 619 g/mol. The molecule has 0 aliphatic carbocycles. The molecule has 0 saturated heterocycles. The number of carboxylic acid groups (broad SMARTS) is 2. The normalized spacial score (nSPS) is 12.3. The molecule has 2 aliphatic rings. The van der Waals surface area contributed by atoms with E-state index in [1.165, 1.54) is 0 Å². The van der Waals surface area contributed by atoms with Gasteiger partial charge in [-0.05, 0) is 62.8 Å². The smallest absolute Gasteiger partial charge is 0.657 e. The summed E-state index contributed by atoms with van der Waals surface area (Å²) in [5, 5.41) is 16.3. The van der Waals surface area contributed by atoms with Crippen LogP contribution >= 0.6 is 0 Å². The minimum absolute atomic E-state index is 0. The summed E-state index contributed by atoms with van der Waals surface area (Å²) < 4.78 is 0. The third-order valence-electron chi connectivity index (χ3n) is 7.83. The fraction of sp³-hybridized carbons (Fsp3) is 0.235. The Bertz CT molecular complexity index is 1860. The van der Waals surface area contributed by atoms with Gasteiger partial charge in [-0.2, -0.15) is 0 Å². The van der Waals surface area contributed by atoms with Gasteiger partial charge >= 0.3 is 23.0 Å². The molecule has 2 aliphatic heterocycles. The molecule has 0 saturated carbocycles. The van der Waals surface area contributed by atoms with Crippen molar-refractivity contribution in [1.29, 1.82) is 0 Å². The molecule has 0 spiro atoms. The number of rotatable bonds is 6. The van der Waals surface area contributed by atoms with Gasteiger partial charge in [0.15, 0.2) is 0 Å². The molecular weight excluding hydrogens is 584 g/mol. The Kier molecular flexibility index (Phi) is 10.5. The summed E-state index contributed by atoms with van der Waals surface area (Å²) in [7, 11) is 0. The van der Waals surface area contributed by atoms with Gasteiger partial charge in [-0.3, -0.25) is 9.59 Å². The van der Waals surface area contributed by atoms with Crippen molar-refractivity contribution >= 4 is 62.9 Å². The maximum Gasteiger partial charge on any atom is 2.00 e. The van der Waals surface area contributed by atoms with Crippen LogP contribution in [-0.2, 0) is 33.1 Å². The van der Waals surface area contributed by atoms with Crippen LogP contribution < -0.4 is 9.97 Å². The molecule has 3 aromatic heterocycles. The van der Waals surface area contributed by atoms with Crippen LogP contribution in [0.2, 0.25) is 0 Å². The van der Waals surface area contributed by atoms with Crippen molar-refractivity contribution in [3.63, 3.8) is 0 Å². The molecule has 43 heavy (non-hydrogen) atoms. The first-order valence-corrected chi connectivity index (χ1v) is 13.7. The van der Waals surface area contributed by atoms with Gasteiger partial charge in [-0.1, -0.05) is 73.2 Å². The summed E-state index contributed by atoms with van der Waals surface area (Å²) in [6.07, 6.45) is 4.89. The summed E-state index contributed by atoms with van der Waals surface area (Å²) in [5.41, 5.74) is 14.6. The van der Waals surface area contributed by atoms with Gasteiger partial charge in [0.1, 0.15) is 0 Å². The van der Waals surface area contributed by atoms with Crippen LogP contribution in [-0.4, -0.2) is 32.6 Å². The van der Waals surface area contributed by atoms with Gasteiger partial charge < -0.3 is 20.2 Å². The number of carboxylic acids is 1. The molecule has 8 bridgehead atoms. The van der Waals surface area contributed by atoms with Crippen molar-refractivity contribution in [3.05, 3.63) is 88.5 Å². The molecule has 0 aromatic carbocycles. The molecule has 8 nitrogen and oxygen atoms in total. The minimum Gasteiger partial charge on any atom is -0.657 e. The minimum atomic E-state index is -0.836. The number of nitrogens with zero attached hydrogens (tertiary/aromatic N) is 4. The van der Waals surface area contributed by atoms with E-state index in [2.05, 4.69) is 33.9 Å². The Morgan fingerprint density at radius 3 is 1.98 bits per heavy atom. The van der Waals surface area contributed by atoms with E-state index < -0.39 is 5.97 Å². The maximum absolute atomic E-state index is 11.5. The third kappa shape index (κ3) is 6.33. The standard InChI is InChI=1S/C33H33N4O2.CH2O2.Fe/c1-8-21-17(4)25-13-26-18(5)23(10-3)31(35-26)16-32-24(11-12-33(38)39)20(7)28(37-32)15-30-22(9-2)19(6)27(36-30)14-29(21)34-25;2-1-3;/h8-9,13-16H,1-2,10-12H2,3-7H3,(H2-,34,35,36,37,38,39);1H,(H,2,3);/q-1;;+2/p-1. The zero-order valence-electron chi connectivity index (χ0n) is 24.9. The van der Waals surface area contributed by atoms with E-state index >= 15 is 0 Å². The van der Waals surface area contributed by atoms with Crippen LogP contribution in [0, 0.1) is 13.8 Å². The van der Waals surface area contributed by atoms with E-state index in [-0.39, 0.29) is 30.0 Å². The number of allylic oxidation sites excluding steroid dienone is 5. The zero-order valence-corrected chi connectivity index (χ0v) is 26.0. The first-order chi connectivity index (χ1) is 20.1. The van der Waals surface area contributed by atoms with Crippen molar-refractivity contribution in [2.45, 2.75) is 53.9 Å². The summed E-state index contributed by atoms with van der Waals surface area (Å²) in [6.45, 7) is 18.1. The average Bonchev–Trinajstić information content (AvgIpc) is 3.60. The van der Waals surface area contributed by atoms with Crippen molar-refractivity contribution in [2.24, 2.45) is 0 Å². The second-order valence-corrected chi connectivity index (χ2v) is 10.2. The molecule has 9 heteroatoms. The van der Waals surface area contributed by atoms with Crippen LogP contribution in [0.5, 0.6) is 0 Å². The molecule has 3 aromatic rings. The number of hydrogen-bond acceptors (Lipinski definition) is 4. The summed E-state index contributed by atoms with van der Waals surface area (Å²) in [6, 6.07) is 8.01. The first kappa shape index (κ1) is 33.0. The van der Waals surface area contributed by atoms with Gasteiger partial charge in [0.25, 0.3) is 6.47 Å². The predicted octanol–water partition coefficient (Wildman–Crippen LogP) is 7.01. The van der Waals surface area contributed by atoms with E-state index in [9.17, 15) is 9.90 Å². The second-order valence-electron chi connectivity index (χ2n) is 10.2. The zero-order chi connectivity index (χ0) is 30.7. The molecular formula is C34H34FeN4O4. The van der Waals surface area contributed by atoms with Crippen molar-refractivity contribution < 1.29 is 36.9 Å². The predicted molar refractivity (Wildman–Crippen MR) is 169 cm³/mol. The summed E-state index contributed by atoms with van der Waals surface area (Å²) in [5.74, 6) is -0.836. The fourth-order valence-corrected chi connectivity index (χ4v) is 5.51. The molecule has 0 radical (unpaired) electrons. The molecule has 0 atom stereocenters. The summed E-state index contributed by atoms with van der Waals surface area (Å²) >= 11 is 0. The molecule has 222 valence electrons. The van der Waals surface area contributed by atoms with Crippen molar-refractivity contribution in [2.75, 3.05) is 0 Å². The number of hydrogen-bond donors (Lipinski definition) is 2. The Labute approximate surface area is 261 Å². The van der Waals surface area contributed by atoms with Gasteiger partial charge in [-0.15, -0.1) is 22.1 Å². The maximum atomic E-state index is 11.5. The largest absolute Gasteiger partial charge is 2.00 e. The van der Waals surface area contributed by atoms with E-state index in [1.54, 1.807) is 0 Å². The molecule has 5 heterocycles. The fourth-order valence-electron chi connectivity index (χ4n) is 5.51. The van der Waals surface area contributed by atoms with Gasteiger partial charge in [0.2, 0.25) is 0 Å².